The highest BCUT2D eigenvalue weighted by molar-refractivity contribution is 5.94. The molecular weight excluding hydrogens is 302 g/mol. The van der Waals surface area contributed by atoms with Crippen molar-refractivity contribution in [3.63, 3.8) is 0 Å². The van der Waals surface area contributed by atoms with Crippen molar-refractivity contribution in [1.82, 2.24) is 14.7 Å². The number of imidazole rings is 1. The summed E-state index contributed by atoms with van der Waals surface area (Å²) in [6.45, 7) is 2.55. The zero-order valence-corrected chi connectivity index (χ0v) is 14.0. The van der Waals surface area contributed by atoms with Crippen LogP contribution in [0.3, 0.4) is 0 Å². The number of ether oxygens (including phenoxy) is 1. The normalized spacial score (nSPS) is 10.8. The number of aromatic nitrogens is 2. The maximum Gasteiger partial charge on any atom is 0.270 e. The Bertz CT molecular complexity index is 837. The second-order valence-electron chi connectivity index (χ2n) is 5.62. The second-order valence-corrected chi connectivity index (χ2v) is 5.62. The van der Waals surface area contributed by atoms with E-state index in [0.29, 0.717) is 12.2 Å². The molecule has 0 spiro atoms. The lowest BCUT2D eigenvalue weighted by atomic mass is 10.2. The Morgan fingerprint density at radius 1 is 1.21 bits per heavy atom. The van der Waals surface area contributed by atoms with Gasteiger partial charge in [0.15, 0.2) is 0 Å². The third-order valence-electron chi connectivity index (χ3n) is 3.92. The van der Waals surface area contributed by atoms with Gasteiger partial charge in [0.05, 0.1) is 12.8 Å². The number of benzene rings is 1. The number of carbonyl (C=O) groups excluding carboxylic acids is 1. The lowest BCUT2D eigenvalue weighted by Crippen LogP contribution is -2.25. The molecule has 5 heteroatoms. The summed E-state index contributed by atoms with van der Waals surface area (Å²) in [5, 5.41) is 2.99. The summed E-state index contributed by atoms with van der Waals surface area (Å²) in [5.74, 6) is 0.699. The smallest absolute Gasteiger partial charge is 0.270 e. The van der Waals surface area contributed by atoms with Gasteiger partial charge < -0.3 is 10.1 Å². The number of rotatable bonds is 6. The topological polar surface area (TPSA) is 55.6 Å². The Hall–Kier alpha value is -2.82. The maximum absolute atomic E-state index is 12.7. The van der Waals surface area contributed by atoms with Gasteiger partial charge in [0.1, 0.15) is 17.1 Å². The van der Waals surface area contributed by atoms with E-state index in [1.54, 1.807) is 7.11 Å². The number of hydrogen-bond donors (Lipinski definition) is 1. The first-order valence-electron chi connectivity index (χ1n) is 8.10. The van der Waals surface area contributed by atoms with Crippen molar-refractivity contribution >= 4 is 11.6 Å². The van der Waals surface area contributed by atoms with Crippen LogP contribution in [-0.4, -0.2) is 22.4 Å². The van der Waals surface area contributed by atoms with Crippen LogP contribution in [0.25, 0.3) is 5.65 Å². The first-order chi connectivity index (χ1) is 11.7. The van der Waals surface area contributed by atoms with Gasteiger partial charge in [-0.1, -0.05) is 31.5 Å². The Kier molecular flexibility index (Phi) is 4.79. The van der Waals surface area contributed by atoms with Crippen molar-refractivity contribution in [1.29, 1.82) is 0 Å². The number of carbonyl (C=O) groups is 1. The van der Waals surface area contributed by atoms with Gasteiger partial charge in [-0.05, 0) is 36.2 Å². The van der Waals surface area contributed by atoms with E-state index in [-0.39, 0.29) is 5.91 Å². The van der Waals surface area contributed by atoms with Crippen LogP contribution in [0.1, 0.15) is 35.1 Å². The molecule has 0 radical (unpaired) electrons. The number of methoxy groups -OCH3 is 1. The minimum absolute atomic E-state index is 0.104. The molecule has 0 atom stereocenters. The van der Waals surface area contributed by atoms with E-state index in [0.717, 1.165) is 35.5 Å². The fraction of sp³-hybridized carbons (Fsp3) is 0.263. The van der Waals surface area contributed by atoms with Gasteiger partial charge in [-0.2, -0.15) is 0 Å². The molecule has 24 heavy (non-hydrogen) atoms. The molecule has 3 aromatic rings. The van der Waals surface area contributed by atoms with Gasteiger partial charge in [0, 0.05) is 12.7 Å². The summed E-state index contributed by atoms with van der Waals surface area (Å²) in [6, 6.07) is 13.4. The first kappa shape index (κ1) is 16.1. The molecule has 0 aliphatic rings. The molecule has 1 N–H and O–H groups in total. The molecule has 0 saturated carbocycles. The largest absolute Gasteiger partial charge is 0.497 e. The van der Waals surface area contributed by atoms with E-state index in [1.807, 2.05) is 53.1 Å². The van der Waals surface area contributed by atoms with Gasteiger partial charge >= 0.3 is 0 Å². The highest BCUT2D eigenvalue weighted by atomic mass is 16.5. The average molecular weight is 323 g/mol. The van der Waals surface area contributed by atoms with Crippen molar-refractivity contribution in [3.8, 4) is 5.75 Å². The number of amides is 1. The van der Waals surface area contributed by atoms with E-state index in [2.05, 4.69) is 17.2 Å². The summed E-state index contributed by atoms with van der Waals surface area (Å²) < 4.78 is 7.00. The summed E-state index contributed by atoms with van der Waals surface area (Å²) in [4.78, 5) is 17.3. The van der Waals surface area contributed by atoms with Crippen molar-refractivity contribution < 1.29 is 9.53 Å². The van der Waals surface area contributed by atoms with Crippen molar-refractivity contribution in [2.24, 2.45) is 0 Å². The fourth-order valence-electron chi connectivity index (χ4n) is 2.71. The van der Waals surface area contributed by atoms with Crippen LogP contribution in [0.15, 0.2) is 48.7 Å². The van der Waals surface area contributed by atoms with Gasteiger partial charge in [-0.3, -0.25) is 9.20 Å². The molecule has 0 fully saturated rings. The zero-order chi connectivity index (χ0) is 16.9. The molecule has 1 amide bonds. The second kappa shape index (κ2) is 7.17. The minimum atomic E-state index is -0.104. The number of aryl methyl sites for hydroxylation is 1. The predicted molar refractivity (Wildman–Crippen MR) is 93.4 cm³/mol. The average Bonchev–Trinajstić information content (AvgIpc) is 2.98. The van der Waals surface area contributed by atoms with Crippen LogP contribution in [0.5, 0.6) is 5.75 Å². The maximum atomic E-state index is 12.7. The molecule has 0 aliphatic heterocycles. The van der Waals surface area contributed by atoms with Gasteiger partial charge in [-0.25, -0.2) is 4.98 Å². The summed E-state index contributed by atoms with van der Waals surface area (Å²) >= 11 is 0. The van der Waals surface area contributed by atoms with Crippen LogP contribution in [0.4, 0.5) is 0 Å². The third kappa shape index (κ3) is 3.25. The van der Waals surface area contributed by atoms with E-state index >= 15 is 0 Å². The SMILES string of the molecule is CCCc1nc2ccccn2c1C(=O)NCc1ccc(OC)cc1. The molecule has 1 aromatic carbocycles. The predicted octanol–water partition coefficient (Wildman–Crippen LogP) is 3.23. The van der Waals surface area contributed by atoms with Gasteiger partial charge in [0.2, 0.25) is 0 Å². The van der Waals surface area contributed by atoms with Gasteiger partial charge in [0.25, 0.3) is 5.91 Å². The van der Waals surface area contributed by atoms with Crippen LogP contribution in [-0.2, 0) is 13.0 Å². The van der Waals surface area contributed by atoms with Crippen LogP contribution < -0.4 is 10.1 Å². The lowest BCUT2D eigenvalue weighted by Gasteiger charge is -2.08. The number of nitrogens with zero attached hydrogens (tertiary/aromatic N) is 2. The minimum Gasteiger partial charge on any atom is -0.497 e. The molecule has 0 aliphatic carbocycles. The number of nitrogens with one attached hydrogen (secondary N) is 1. The quantitative estimate of drug-likeness (QED) is 0.758. The van der Waals surface area contributed by atoms with Crippen LogP contribution in [0.2, 0.25) is 0 Å². The van der Waals surface area contributed by atoms with E-state index in [1.165, 1.54) is 0 Å². The molecule has 124 valence electrons. The molecule has 2 heterocycles. The van der Waals surface area contributed by atoms with Crippen LogP contribution >= 0.6 is 0 Å². The number of fused-ring (bicyclic) bond motifs is 1. The monoisotopic (exact) mass is 323 g/mol. The Morgan fingerprint density at radius 2 is 2.00 bits per heavy atom. The highest BCUT2D eigenvalue weighted by Crippen LogP contribution is 2.15. The summed E-state index contributed by atoms with van der Waals surface area (Å²) in [7, 11) is 1.64. The van der Waals surface area contributed by atoms with E-state index in [4.69, 9.17) is 4.74 Å². The molecule has 5 nitrogen and oxygen atoms in total. The molecule has 3 rings (SSSR count). The highest BCUT2D eigenvalue weighted by Gasteiger charge is 2.18. The van der Waals surface area contributed by atoms with Gasteiger partial charge in [-0.15, -0.1) is 0 Å². The molecular formula is C19H21N3O2. The van der Waals surface area contributed by atoms with Crippen molar-refractivity contribution in [3.05, 3.63) is 65.6 Å². The molecule has 0 saturated heterocycles. The fourth-order valence-corrected chi connectivity index (χ4v) is 2.71. The molecule has 2 aromatic heterocycles. The zero-order valence-electron chi connectivity index (χ0n) is 14.0. The summed E-state index contributed by atoms with van der Waals surface area (Å²) in [5.41, 5.74) is 3.29. The van der Waals surface area contributed by atoms with Crippen LogP contribution in [0, 0.1) is 0 Å². The molecule has 0 bridgehead atoms. The standard InChI is InChI=1S/C19H21N3O2/c1-3-6-16-18(22-12-5-4-7-17(22)21-16)19(23)20-13-14-8-10-15(24-2)11-9-14/h4-5,7-12H,3,6,13H2,1-2H3,(H,20,23). The number of hydrogen-bond acceptors (Lipinski definition) is 3. The number of pyridine rings is 1. The Balaban J connectivity index is 1.81. The third-order valence-corrected chi connectivity index (χ3v) is 3.92. The molecule has 0 unspecified atom stereocenters. The summed E-state index contributed by atoms with van der Waals surface area (Å²) in [6.07, 6.45) is 3.61. The van der Waals surface area contributed by atoms with E-state index < -0.39 is 0 Å². The Labute approximate surface area is 141 Å². The van der Waals surface area contributed by atoms with E-state index in [9.17, 15) is 4.79 Å². The van der Waals surface area contributed by atoms with Crippen molar-refractivity contribution in [2.45, 2.75) is 26.3 Å². The lowest BCUT2D eigenvalue weighted by molar-refractivity contribution is 0.0944. The first-order valence-corrected chi connectivity index (χ1v) is 8.10. The Morgan fingerprint density at radius 3 is 2.71 bits per heavy atom. The van der Waals surface area contributed by atoms with Crippen molar-refractivity contribution in [2.75, 3.05) is 7.11 Å².